The van der Waals surface area contributed by atoms with Crippen molar-refractivity contribution in [3.05, 3.63) is 0 Å². The van der Waals surface area contributed by atoms with Crippen LogP contribution in [0.4, 0.5) is 0 Å². The Hall–Kier alpha value is -1.14. The third-order valence-corrected chi connectivity index (χ3v) is 3.35. The molecule has 0 aromatic heterocycles. The zero-order valence-corrected chi connectivity index (χ0v) is 10.7. The number of hydrogen-bond donors (Lipinski definition) is 2. The van der Waals surface area contributed by atoms with E-state index in [9.17, 15) is 9.59 Å². The van der Waals surface area contributed by atoms with E-state index < -0.39 is 6.10 Å². The summed E-state index contributed by atoms with van der Waals surface area (Å²) in [5.74, 6) is -0.224. The van der Waals surface area contributed by atoms with E-state index in [1.807, 2.05) is 0 Å². The number of likely N-dealkylation sites (N-methyl/N-ethyl adjacent to an activating group) is 1. The molecule has 2 unspecified atom stereocenters. The molecule has 0 spiro atoms. The molecule has 6 heteroatoms. The van der Waals surface area contributed by atoms with Crippen molar-refractivity contribution < 1.29 is 14.3 Å². The minimum absolute atomic E-state index is 0.0207. The fourth-order valence-corrected chi connectivity index (χ4v) is 2.10. The molecule has 0 radical (unpaired) electrons. The maximum absolute atomic E-state index is 12.0. The summed E-state index contributed by atoms with van der Waals surface area (Å²) in [6.07, 6.45) is 3.15. The molecule has 1 aliphatic heterocycles. The van der Waals surface area contributed by atoms with E-state index in [1.54, 1.807) is 7.05 Å². The minimum Gasteiger partial charge on any atom is -0.364 e. The van der Waals surface area contributed by atoms with Gasteiger partial charge in [-0.15, -0.1) is 0 Å². The second-order valence-electron chi connectivity index (χ2n) is 5.10. The van der Waals surface area contributed by atoms with Gasteiger partial charge in [-0.1, -0.05) is 0 Å². The average molecular weight is 255 g/mol. The average Bonchev–Trinajstić information content (AvgIpc) is 3.02. The highest BCUT2D eigenvalue weighted by molar-refractivity contribution is 5.87. The predicted octanol–water partition coefficient (Wildman–Crippen LogP) is -0.770. The van der Waals surface area contributed by atoms with E-state index in [0.29, 0.717) is 19.0 Å². The zero-order chi connectivity index (χ0) is 13.1. The lowest BCUT2D eigenvalue weighted by Gasteiger charge is -2.20. The Bertz CT molecular complexity index is 331. The van der Waals surface area contributed by atoms with Crippen LogP contribution in [0.1, 0.15) is 25.7 Å². The SMILES string of the molecule is CN(CC(=O)NC1CC1)C(=O)C1CCC(CN)O1. The molecule has 18 heavy (non-hydrogen) atoms. The van der Waals surface area contributed by atoms with Gasteiger partial charge in [-0.3, -0.25) is 9.59 Å². The lowest BCUT2D eigenvalue weighted by molar-refractivity contribution is -0.144. The molecule has 0 aromatic carbocycles. The molecule has 2 fully saturated rings. The molecule has 102 valence electrons. The molecule has 6 nitrogen and oxygen atoms in total. The van der Waals surface area contributed by atoms with Crippen LogP contribution in [0.15, 0.2) is 0 Å². The lowest BCUT2D eigenvalue weighted by atomic mass is 10.2. The van der Waals surface area contributed by atoms with E-state index in [-0.39, 0.29) is 24.5 Å². The predicted molar refractivity (Wildman–Crippen MR) is 65.8 cm³/mol. The second-order valence-corrected chi connectivity index (χ2v) is 5.10. The Morgan fingerprint density at radius 1 is 1.33 bits per heavy atom. The molecule has 2 aliphatic rings. The van der Waals surface area contributed by atoms with Crippen molar-refractivity contribution in [3.8, 4) is 0 Å². The van der Waals surface area contributed by atoms with Crippen LogP contribution in [0.3, 0.4) is 0 Å². The molecule has 2 atom stereocenters. The molecular formula is C12H21N3O3. The first-order chi connectivity index (χ1) is 8.60. The standard InChI is InChI=1S/C12H21N3O3/c1-15(7-11(16)14-8-2-3-8)12(17)10-5-4-9(6-13)18-10/h8-10H,2-7,13H2,1H3,(H,14,16). The summed E-state index contributed by atoms with van der Waals surface area (Å²) in [6.45, 7) is 0.540. The highest BCUT2D eigenvalue weighted by Gasteiger charge is 2.32. The van der Waals surface area contributed by atoms with Crippen molar-refractivity contribution in [2.45, 2.75) is 43.9 Å². The molecule has 0 bridgehead atoms. The summed E-state index contributed by atoms with van der Waals surface area (Å²) < 4.78 is 5.52. The summed E-state index contributed by atoms with van der Waals surface area (Å²) >= 11 is 0. The van der Waals surface area contributed by atoms with Crippen molar-refractivity contribution in [2.24, 2.45) is 5.73 Å². The molecule has 1 heterocycles. The summed E-state index contributed by atoms with van der Waals surface area (Å²) in [5.41, 5.74) is 5.50. The Morgan fingerprint density at radius 3 is 2.61 bits per heavy atom. The van der Waals surface area contributed by atoms with Gasteiger partial charge < -0.3 is 20.7 Å². The normalized spacial score (nSPS) is 27.0. The lowest BCUT2D eigenvalue weighted by Crippen LogP contribution is -2.43. The van der Waals surface area contributed by atoms with Crippen LogP contribution in [-0.4, -0.2) is 55.1 Å². The fourth-order valence-electron chi connectivity index (χ4n) is 2.10. The Morgan fingerprint density at radius 2 is 2.06 bits per heavy atom. The smallest absolute Gasteiger partial charge is 0.251 e. The van der Waals surface area contributed by atoms with Gasteiger partial charge in [-0.05, 0) is 25.7 Å². The largest absolute Gasteiger partial charge is 0.364 e. The third-order valence-electron chi connectivity index (χ3n) is 3.35. The number of nitrogens with one attached hydrogen (secondary N) is 1. The highest BCUT2D eigenvalue weighted by Crippen LogP contribution is 2.20. The topological polar surface area (TPSA) is 84.7 Å². The maximum Gasteiger partial charge on any atom is 0.251 e. The zero-order valence-electron chi connectivity index (χ0n) is 10.7. The minimum atomic E-state index is -0.433. The number of nitrogens with zero attached hydrogens (tertiary/aromatic N) is 1. The molecule has 2 rings (SSSR count). The van der Waals surface area contributed by atoms with Gasteiger partial charge in [0.2, 0.25) is 5.91 Å². The number of ether oxygens (including phenoxy) is 1. The molecule has 3 N–H and O–H groups in total. The van der Waals surface area contributed by atoms with Gasteiger partial charge in [0.15, 0.2) is 0 Å². The van der Waals surface area contributed by atoms with E-state index in [2.05, 4.69) is 5.32 Å². The van der Waals surface area contributed by atoms with Crippen molar-refractivity contribution in [1.82, 2.24) is 10.2 Å². The van der Waals surface area contributed by atoms with Crippen LogP contribution in [0.25, 0.3) is 0 Å². The Kier molecular flexibility index (Phi) is 4.19. The molecule has 1 saturated heterocycles. The number of hydrogen-bond acceptors (Lipinski definition) is 4. The quantitative estimate of drug-likeness (QED) is 0.675. The van der Waals surface area contributed by atoms with Crippen LogP contribution in [0.5, 0.6) is 0 Å². The van der Waals surface area contributed by atoms with Crippen molar-refractivity contribution in [3.63, 3.8) is 0 Å². The molecule has 1 saturated carbocycles. The number of carbonyl (C=O) groups excluding carboxylic acids is 2. The van der Waals surface area contributed by atoms with Gasteiger partial charge in [-0.2, -0.15) is 0 Å². The van der Waals surface area contributed by atoms with Crippen LogP contribution in [0, 0.1) is 0 Å². The van der Waals surface area contributed by atoms with Crippen LogP contribution >= 0.6 is 0 Å². The molecule has 2 amide bonds. The number of rotatable bonds is 5. The van der Waals surface area contributed by atoms with Crippen LogP contribution < -0.4 is 11.1 Å². The van der Waals surface area contributed by atoms with Gasteiger partial charge in [0.05, 0.1) is 12.6 Å². The fraction of sp³-hybridized carbons (Fsp3) is 0.833. The van der Waals surface area contributed by atoms with E-state index in [4.69, 9.17) is 10.5 Å². The van der Waals surface area contributed by atoms with E-state index in [1.165, 1.54) is 4.90 Å². The molecular weight excluding hydrogens is 234 g/mol. The van der Waals surface area contributed by atoms with Gasteiger partial charge in [0.1, 0.15) is 6.10 Å². The first-order valence-corrected chi connectivity index (χ1v) is 6.50. The summed E-state index contributed by atoms with van der Waals surface area (Å²) in [7, 11) is 1.63. The number of amides is 2. The summed E-state index contributed by atoms with van der Waals surface area (Å²) in [6, 6.07) is 0.324. The molecule has 0 aromatic rings. The summed E-state index contributed by atoms with van der Waals surface area (Å²) in [5, 5.41) is 2.86. The van der Waals surface area contributed by atoms with Gasteiger partial charge in [0, 0.05) is 19.6 Å². The second kappa shape index (κ2) is 5.67. The summed E-state index contributed by atoms with van der Waals surface area (Å²) in [4.78, 5) is 25.0. The highest BCUT2D eigenvalue weighted by atomic mass is 16.5. The van der Waals surface area contributed by atoms with Gasteiger partial charge in [-0.25, -0.2) is 0 Å². The first-order valence-electron chi connectivity index (χ1n) is 6.50. The number of carbonyl (C=O) groups is 2. The third kappa shape index (κ3) is 3.43. The van der Waals surface area contributed by atoms with E-state index in [0.717, 1.165) is 19.3 Å². The van der Waals surface area contributed by atoms with Gasteiger partial charge in [0.25, 0.3) is 5.91 Å². The van der Waals surface area contributed by atoms with Crippen LogP contribution in [-0.2, 0) is 14.3 Å². The van der Waals surface area contributed by atoms with Crippen molar-refractivity contribution in [2.75, 3.05) is 20.1 Å². The van der Waals surface area contributed by atoms with Crippen molar-refractivity contribution >= 4 is 11.8 Å². The van der Waals surface area contributed by atoms with E-state index >= 15 is 0 Å². The van der Waals surface area contributed by atoms with Crippen LogP contribution in [0.2, 0.25) is 0 Å². The Balaban J connectivity index is 1.75. The maximum atomic E-state index is 12.0. The van der Waals surface area contributed by atoms with Gasteiger partial charge >= 0.3 is 0 Å². The molecule has 1 aliphatic carbocycles. The first kappa shape index (κ1) is 13.3. The Labute approximate surface area is 107 Å². The van der Waals surface area contributed by atoms with Crippen molar-refractivity contribution in [1.29, 1.82) is 0 Å². The monoisotopic (exact) mass is 255 g/mol. The number of nitrogens with two attached hydrogens (primary N) is 1.